The van der Waals surface area contributed by atoms with Gasteiger partial charge in [-0.2, -0.15) is 5.10 Å². The lowest BCUT2D eigenvalue weighted by molar-refractivity contribution is 0.0909. The number of nitrogens with zero attached hydrogens (tertiary/aromatic N) is 2. The molecule has 0 aliphatic heterocycles. The summed E-state index contributed by atoms with van der Waals surface area (Å²) in [4.78, 5) is 12.2. The molecule has 1 amide bonds. The molecule has 0 spiro atoms. The summed E-state index contributed by atoms with van der Waals surface area (Å²) in [6.07, 6.45) is 2.42. The summed E-state index contributed by atoms with van der Waals surface area (Å²) in [7, 11) is 0. The monoisotopic (exact) mass is 307 g/mol. The number of benzene rings is 1. The average molecular weight is 308 g/mol. The second kappa shape index (κ2) is 6.74. The molecule has 0 radical (unpaired) electrons. The third-order valence-corrected chi connectivity index (χ3v) is 3.58. The minimum absolute atomic E-state index is 0.0908. The molecule has 2 rings (SSSR count). The van der Waals surface area contributed by atoms with Crippen LogP contribution in [0.25, 0.3) is 5.69 Å². The van der Waals surface area contributed by atoms with E-state index in [-0.39, 0.29) is 18.6 Å². The molecular formula is C15H18ClN3O2. The maximum atomic E-state index is 12.2. The molecule has 1 aromatic carbocycles. The molecule has 5 nitrogen and oxygen atoms in total. The molecule has 0 fully saturated rings. The number of rotatable bonds is 5. The Labute approximate surface area is 128 Å². The summed E-state index contributed by atoms with van der Waals surface area (Å²) < 4.78 is 1.59. The highest BCUT2D eigenvalue weighted by Gasteiger charge is 2.18. The summed E-state index contributed by atoms with van der Waals surface area (Å²) >= 11 is 6.13. The van der Waals surface area contributed by atoms with Crippen molar-refractivity contribution < 1.29 is 9.90 Å². The topological polar surface area (TPSA) is 67.2 Å². The lowest BCUT2D eigenvalue weighted by Crippen LogP contribution is -2.37. The van der Waals surface area contributed by atoms with Gasteiger partial charge in [-0.25, -0.2) is 4.68 Å². The number of amides is 1. The zero-order valence-electron chi connectivity index (χ0n) is 12.0. The number of carbonyl (C=O) groups excluding carboxylic acids is 1. The summed E-state index contributed by atoms with van der Waals surface area (Å²) in [5, 5.41) is 16.8. The van der Waals surface area contributed by atoms with Crippen molar-refractivity contribution in [3.8, 4) is 5.69 Å². The minimum atomic E-state index is -0.292. The molecule has 0 saturated heterocycles. The number of aryl methyl sites for hydroxylation is 1. The third kappa shape index (κ3) is 3.43. The lowest BCUT2D eigenvalue weighted by atomic mass is 10.2. The molecule has 0 saturated carbocycles. The first-order chi connectivity index (χ1) is 10.1. The number of hydrogen-bond donors (Lipinski definition) is 2. The van der Waals surface area contributed by atoms with Crippen molar-refractivity contribution in [2.24, 2.45) is 0 Å². The van der Waals surface area contributed by atoms with Crippen molar-refractivity contribution in [3.05, 3.63) is 46.7 Å². The Balaban J connectivity index is 2.28. The van der Waals surface area contributed by atoms with Crippen LogP contribution in [0.4, 0.5) is 0 Å². The Morgan fingerprint density at radius 1 is 1.48 bits per heavy atom. The normalized spacial score (nSPS) is 12.2. The molecule has 21 heavy (non-hydrogen) atoms. The Bertz CT molecular complexity index is 636. The number of halogens is 1. The number of aromatic nitrogens is 2. The van der Waals surface area contributed by atoms with Crippen LogP contribution in [0.2, 0.25) is 5.02 Å². The Kier molecular flexibility index (Phi) is 4.98. The first-order valence-electron chi connectivity index (χ1n) is 6.79. The fourth-order valence-corrected chi connectivity index (χ4v) is 2.20. The van der Waals surface area contributed by atoms with Gasteiger partial charge in [-0.15, -0.1) is 0 Å². The van der Waals surface area contributed by atoms with E-state index >= 15 is 0 Å². The van der Waals surface area contributed by atoms with Crippen LogP contribution in [0, 0.1) is 6.92 Å². The molecule has 0 bridgehead atoms. The number of aliphatic hydroxyl groups is 1. The number of para-hydroxylation sites is 1. The number of carbonyl (C=O) groups is 1. The van der Waals surface area contributed by atoms with Gasteiger partial charge >= 0.3 is 0 Å². The van der Waals surface area contributed by atoms with Gasteiger partial charge in [-0.3, -0.25) is 4.79 Å². The maximum Gasteiger partial charge on any atom is 0.272 e. The van der Waals surface area contributed by atoms with Gasteiger partial charge in [0.1, 0.15) is 0 Å². The van der Waals surface area contributed by atoms with Crippen LogP contribution >= 0.6 is 11.6 Å². The Hall–Kier alpha value is -1.85. The highest BCUT2D eigenvalue weighted by Crippen LogP contribution is 2.20. The van der Waals surface area contributed by atoms with Crippen molar-refractivity contribution in [1.82, 2.24) is 15.1 Å². The lowest BCUT2D eigenvalue weighted by Gasteiger charge is -2.12. The summed E-state index contributed by atoms with van der Waals surface area (Å²) in [6.45, 7) is 3.62. The van der Waals surface area contributed by atoms with E-state index in [0.717, 1.165) is 11.3 Å². The van der Waals surface area contributed by atoms with Gasteiger partial charge in [0.2, 0.25) is 0 Å². The van der Waals surface area contributed by atoms with Gasteiger partial charge in [0, 0.05) is 11.8 Å². The predicted octanol–water partition coefficient (Wildman–Crippen LogP) is 2.33. The van der Waals surface area contributed by atoms with E-state index in [1.807, 2.05) is 32.0 Å². The van der Waals surface area contributed by atoms with Gasteiger partial charge in [0.15, 0.2) is 5.69 Å². The molecule has 2 aromatic rings. The van der Waals surface area contributed by atoms with Gasteiger partial charge in [0.05, 0.1) is 23.4 Å². The fourth-order valence-electron chi connectivity index (χ4n) is 1.98. The van der Waals surface area contributed by atoms with Crippen LogP contribution < -0.4 is 5.32 Å². The second-order valence-electron chi connectivity index (χ2n) is 4.82. The average Bonchev–Trinajstić information content (AvgIpc) is 2.87. The van der Waals surface area contributed by atoms with Crippen molar-refractivity contribution in [2.45, 2.75) is 26.3 Å². The predicted molar refractivity (Wildman–Crippen MR) is 81.9 cm³/mol. The molecular weight excluding hydrogens is 290 g/mol. The van der Waals surface area contributed by atoms with E-state index in [9.17, 15) is 4.79 Å². The molecule has 1 unspecified atom stereocenters. The van der Waals surface area contributed by atoms with Crippen LogP contribution in [-0.2, 0) is 0 Å². The third-order valence-electron chi connectivity index (χ3n) is 3.26. The standard InChI is InChI=1S/C15H18ClN3O2/c1-3-11(9-20)17-15(21)14-10(2)8-19(18-14)13-7-5-4-6-12(13)16/h4-8,11,20H,3,9H2,1-2H3,(H,17,21). The molecule has 112 valence electrons. The van der Waals surface area contributed by atoms with Crippen molar-refractivity contribution in [3.63, 3.8) is 0 Å². The highest BCUT2D eigenvalue weighted by atomic mass is 35.5. The molecule has 2 N–H and O–H groups in total. The van der Waals surface area contributed by atoms with Gasteiger partial charge in [-0.05, 0) is 25.5 Å². The number of hydrogen-bond acceptors (Lipinski definition) is 3. The fraction of sp³-hybridized carbons (Fsp3) is 0.333. The minimum Gasteiger partial charge on any atom is -0.394 e. The van der Waals surface area contributed by atoms with E-state index in [2.05, 4.69) is 10.4 Å². The van der Waals surface area contributed by atoms with Crippen LogP contribution in [0.5, 0.6) is 0 Å². The molecule has 1 atom stereocenters. The van der Waals surface area contributed by atoms with Crippen molar-refractivity contribution in [1.29, 1.82) is 0 Å². The van der Waals surface area contributed by atoms with Crippen LogP contribution in [0.1, 0.15) is 29.4 Å². The van der Waals surface area contributed by atoms with Crippen LogP contribution in [0.15, 0.2) is 30.5 Å². The quantitative estimate of drug-likeness (QED) is 0.891. The van der Waals surface area contributed by atoms with Crippen LogP contribution in [-0.4, -0.2) is 33.4 Å². The number of aliphatic hydroxyl groups excluding tert-OH is 1. The summed E-state index contributed by atoms with van der Waals surface area (Å²) in [6, 6.07) is 7.04. The summed E-state index contributed by atoms with van der Waals surface area (Å²) in [5.74, 6) is -0.292. The highest BCUT2D eigenvalue weighted by molar-refractivity contribution is 6.32. The van der Waals surface area contributed by atoms with Gasteiger partial charge < -0.3 is 10.4 Å². The SMILES string of the molecule is CCC(CO)NC(=O)c1nn(-c2ccccc2Cl)cc1C. The molecule has 1 heterocycles. The maximum absolute atomic E-state index is 12.2. The molecule has 0 aliphatic carbocycles. The largest absolute Gasteiger partial charge is 0.394 e. The first-order valence-corrected chi connectivity index (χ1v) is 7.17. The Morgan fingerprint density at radius 3 is 2.81 bits per heavy atom. The second-order valence-corrected chi connectivity index (χ2v) is 5.23. The number of nitrogens with one attached hydrogen (secondary N) is 1. The van der Waals surface area contributed by atoms with E-state index in [1.54, 1.807) is 16.9 Å². The Morgan fingerprint density at radius 2 is 2.19 bits per heavy atom. The van der Waals surface area contributed by atoms with E-state index in [4.69, 9.17) is 16.7 Å². The van der Waals surface area contributed by atoms with E-state index in [0.29, 0.717) is 17.1 Å². The van der Waals surface area contributed by atoms with Crippen LogP contribution in [0.3, 0.4) is 0 Å². The van der Waals surface area contributed by atoms with Crippen molar-refractivity contribution >= 4 is 17.5 Å². The zero-order chi connectivity index (χ0) is 15.4. The van der Waals surface area contributed by atoms with Gasteiger partial charge in [-0.1, -0.05) is 30.7 Å². The summed E-state index contributed by atoms with van der Waals surface area (Å²) in [5.41, 5.74) is 1.80. The molecule has 1 aromatic heterocycles. The zero-order valence-corrected chi connectivity index (χ0v) is 12.8. The molecule has 0 aliphatic rings. The van der Waals surface area contributed by atoms with Gasteiger partial charge in [0.25, 0.3) is 5.91 Å². The smallest absolute Gasteiger partial charge is 0.272 e. The van der Waals surface area contributed by atoms with Crippen molar-refractivity contribution in [2.75, 3.05) is 6.61 Å². The van der Waals surface area contributed by atoms with E-state index < -0.39 is 0 Å². The first kappa shape index (κ1) is 15.5. The van der Waals surface area contributed by atoms with E-state index in [1.165, 1.54) is 0 Å². The molecule has 6 heteroatoms.